The number of ketones is 1. The summed E-state index contributed by atoms with van der Waals surface area (Å²) in [5.74, 6) is 0.0138. The van der Waals surface area contributed by atoms with E-state index in [1.165, 1.54) is 6.07 Å². The number of rotatable bonds is 1. The monoisotopic (exact) mass is 181 g/mol. The van der Waals surface area contributed by atoms with Crippen molar-refractivity contribution in [1.82, 2.24) is 4.57 Å². The second-order valence-electron chi connectivity index (χ2n) is 4.24. The van der Waals surface area contributed by atoms with Crippen molar-refractivity contribution in [1.29, 1.82) is 0 Å². The Bertz CT molecular complexity index is 312. The number of aryl methyl sites for hydroxylation is 1. The van der Waals surface area contributed by atoms with Crippen molar-refractivity contribution in [3.8, 4) is 5.75 Å². The fourth-order valence-electron chi connectivity index (χ4n) is 1.15. The molecule has 3 nitrogen and oxygen atoms in total. The van der Waals surface area contributed by atoms with Crippen LogP contribution < -0.4 is 0 Å². The van der Waals surface area contributed by atoms with Gasteiger partial charge >= 0.3 is 0 Å². The minimum atomic E-state index is -0.455. The molecule has 0 radical (unpaired) electrons. The molecule has 1 rings (SSSR count). The number of aromatic nitrogens is 1. The van der Waals surface area contributed by atoms with E-state index >= 15 is 0 Å². The van der Waals surface area contributed by atoms with Crippen molar-refractivity contribution in [2.75, 3.05) is 0 Å². The molecule has 0 bridgehead atoms. The number of Topliss-reactive ketones (excluding diaryl/α,β-unsaturated/α-hetero) is 1. The Morgan fingerprint density at radius 1 is 1.46 bits per heavy atom. The number of carbonyl (C=O) groups excluding carboxylic acids is 1. The second kappa shape index (κ2) is 2.91. The van der Waals surface area contributed by atoms with Crippen LogP contribution in [-0.4, -0.2) is 15.5 Å². The molecule has 1 aromatic heterocycles. The third-order valence-electron chi connectivity index (χ3n) is 1.95. The molecule has 72 valence electrons. The quantitative estimate of drug-likeness (QED) is 0.673. The number of aromatic hydroxyl groups is 1. The third kappa shape index (κ3) is 1.74. The van der Waals surface area contributed by atoms with Crippen LogP contribution in [0.5, 0.6) is 5.75 Å². The molecule has 0 saturated heterocycles. The van der Waals surface area contributed by atoms with E-state index in [0.717, 1.165) is 0 Å². The zero-order chi connectivity index (χ0) is 10.2. The van der Waals surface area contributed by atoms with Crippen molar-refractivity contribution in [3.63, 3.8) is 0 Å². The largest absolute Gasteiger partial charge is 0.506 e. The van der Waals surface area contributed by atoms with Crippen LogP contribution in [0.25, 0.3) is 0 Å². The molecule has 0 unspecified atom stereocenters. The highest BCUT2D eigenvalue weighted by molar-refractivity contribution is 6.00. The maximum absolute atomic E-state index is 11.8. The summed E-state index contributed by atoms with van der Waals surface area (Å²) >= 11 is 0. The molecule has 3 heteroatoms. The highest BCUT2D eigenvalue weighted by Gasteiger charge is 2.27. The predicted octanol–water partition coefficient (Wildman–Crippen LogP) is 1.96. The average Bonchev–Trinajstić information content (AvgIpc) is 2.28. The molecule has 1 aromatic rings. The van der Waals surface area contributed by atoms with E-state index in [4.69, 9.17) is 0 Å². The van der Waals surface area contributed by atoms with Crippen molar-refractivity contribution < 1.29 is 9.90 Å². The molecule has 0 saturated carbocycles. The summed E-state index contributed by atoms with van der Waals surface area (Å²) in [6.07, 6.45) is 1.67. The van der Waals surface area contributed by atoms with Gasteiger partial charge in [-0.05, 0) is 6.07 Å². The maximum atomic E-state index is 11.8. The van der Waals surface area contributed by atoms with Crippen molar-refractivity contribution in [2.45, 2.75) is 20.8 Å². The summed E-state index contributed by atoms with van der Waals surface area (Å²) in [5.41, 5.74) is -0.0728. The third-order valence-corrected chi connectivity index (χ3v) is 1.95. The van der Waals surface area contributed by atoms with Crippen LogP contribution in [0.4, 0.5) is 0 Å². The molecule has 13 heavy (non-hydrogen) atoms. The zero-order valence-corrected chi connectivity index (χ0v) is 8.46. The smallest absolute Gasteiger partial charge is 0.188 e. The summed E-state index contributed by atoms with van der Waals surface area (Å²) in [5, 5.41) is 9.42. The summed E-state index contributed by atoms with van der Waals surface area (Å²) < 4.78 is 1.64. The van der Waals surface area contributed by atoms with Gasteiger partial charge in [-0.1, -0.05) is 20.8 Å². The lowest BCUT2D eigenvalue weighted by molar-refractivity contribution is 0.0846. The second-order valence-corrected chi connectivity index (χ2v) is 4.24. The van der Waals surface area contributed by atoms with Gasteiger partial charge in [0, 0.05) is 18.7 Å². The van der Waals surface area contributed by atoms with Gasteiger partial charge in [-0.25, -0.2) is 0 Å². The molecule has 0 amide bonds. The summed E-state index contributed by atoms with van der Waals surface area (Å²) in [6.45, 7) is 5.51. The lowest BCUT2D eigenvalue weighted by atomic mass is 9.89. The summed E-state index contributed by atoms with van der Waals surface area (Å²) in [6, 6.07) is 1.53. The summed E-state index contributed by atoms with van der Waals surface area (Å²) in [7, 11) is 1.75. The molecule has 0 aromatic carbocycles. The first-order chi connectivity index (χ1) is 5.84. The molecule has 0 spiro atoms. The number of nitrogens with zero attached hydrogens (tertiary/aromatic N) is 1. The van der Waals surface area contributed by atoms with E-state index in [0.29, 0.717) is 5.69 Å². The van der Waals surface area contributed by atoms with Crippen molar-refractivity contribution in [3.05, 3.63) is 18.0 Å². The Morgan fingerprint density at radius 2 is 2.00 bits per heavy atom. The fraction of sp³-hybridized carbons (Fsp3) is 0.500. The van der Waals surface area contributed by atoms with Crippen LogP contribution in [0.2, 0.25) is 0 Å². The average molecular weight is 181 g/mol. The van der Waals surface area contributed by atoms with Gasteiger partial charge in [0.2, 0.25) is 0 Å². The van der Waals surface area contributed by atoms with Crippen LogP contribution in [0.1, 0.15) is 31.3 Å². The molecule has 0 aliphatic rings. The van der Waals surface area contributed by atoms with Crippen LogP contribution in [-0.2, 0) is 7.05 Å². The lowest BCUT2D eigenvalue weighted by Crippen LogP contribution is -2.22. The van der Waals surface area contributed by atoms with Gasteiger partial charge in [0.05, 0.1) is 0 Å². The van der Waals surface area contributed by atoms with Crippen molar-refractivity contribution >= 4 is 5.78 Å². The highest BCUT2D eigenvalue weighted by Crippen LogP contribution is 2.26. The van der Waals surface area contributed by atoms with Gasteiger partial charge in [-0.2, -0.15) is 0 Å². The van der Waals surface area contributed by atoms with E-state index in [9.17, 15) is 9.90 Å². The van der Waals surface area contributed by atoms with E-state index in [-0.39, 0.29) is 11.5 Å². The first-order valence-corrected chi connectivity index (χ1v) is 4.23. The molecule has 1 N–H and O–H groups in total. The van der Waals surface area contributed by atoms with Crippen LogP contribution in [0.3, 0.4) is 0 Å². The van der Waals surface area contributed by atoms with Gasteiger partial charge in [0.25, 0.3) is 0 Å². The molecule has 0 fully saturated rings. The van der Waals surface area contributed by atoms with E-state index < -0.39 is 5.41 Å². The first-order valence-electron chi connectivity index (χ1n) is 4.23. The lowest BCUT2D eigenvalue weighted by Gasteiger charge is -2.17. The van der Waals surface area contributed by atoms with E-state index in [1.807, 2.05) is 20.8 Å². The number of carbonyl (C=O) groups is 1. The highest BCUT2D eigenvalue weighted by atomic mass is 16.3. The van der Waals surface area contributed by atoms with Gasteiger partial charge in [-0.15, -0.1) is 0 Å². The first kappa shape index (κ1) is 9.84. The Kier molecular flexibility index (Phi) is 2.20. The van der Waals surface area contributed by atoms with Crippen molar-refractivity contribution in [2.24, 2.45) is 12.5 Å². The molecule has 0 aliphatic carbocycles. The van der Waals surface area contributed by atoms with Gasteiger partial charge < -0.3 is 9.67 Å². The predicted molar refractivity (Wildman–Crippen MR) is 50.9 cm³/mol. The van der Waals surface area contributed by atoms with Gasteiger partial charge in [0.15, 0.2) is 5.78 Å². The molecular formula is C10H15NO2. The Morgan fingerprint density at radius 3 is 2.31 bits per heavy atom. The van der Waals surface area contributed by atoms with Gasteiger partial charge in [-0.3, -0.25) is 4.79 Å². The minimum Gasteiger partial charge on any atom is -0.506 e. The Labute approximate surface area is 78.0 Å². The van der Waals surface area contributed by atoms with Crippen LogP contribution in [0, 0.1) is 5.41 Å². The van der Waals surface area contributed by atoms with E-state index in [1.54, 1.807) is 17.8 Å². The topological polar surface area (TPSA) is 42.2 Å². The fourth-order valence-corrected chi connectivity index (χ4v) is 1.15. The normalized spacial score (nSPS) is 11.7. The van der Waals surface area contributed by atoms with Crippen LogP contribution >= 0.6 is 0 Å². The zero-order valence-electron chi connectivity index (χ0n) is 8.46. The minimum absolute atomic E-state index is 0.0440. The summed E-state index contributed by atoms with van der Waals surface area (Å²) in [4.78, 5) is 11.8. The molecule has 0 aliphatic heterocycles. The maximum Gasteiger partial charge on any atom is 0.188 e. The number of hydrogen-bond acceptors (Lipinski definition) is 2. The molecule has 0 atom stereocenters. The number of hydrogen-bond donors (Lipinski definition) is 1. The molecule has 1 heterocycles. The van der Waals surface area contributed by atoms with Gasteiger partial charge in [0.1, 0.15) is 11.4 Å². The standard InChI is InChI=1S/C10H15NO2/c1-10(2,3)9(13)8-7(12)5-6-11(8)4/h5-6,12H,1-4H3. The SMILES string of the molecule is Cn1ccc(O)c1C(=O)C(C)(C)C. The molecular weight excluding hydrogens is 166 g/mol. The van der Waals surface area contributed by atoms with Crippen LogP contribution in [0.15, 0.2) is 12.3 Å². The van der Waals surface area contributed by atoms with E-state index in [2.05, 4.69) is 0 Å². The Hall–Kier alpha value is -1.25. The Balaban J connectivity index is 3.16.